The van der Waals surface area contributed by atoms with Crippen LogP contribution in [-0.4, -0.2) is 24.8 Å². The summed E-state index contributed by atoms with van der Waals surface area (Å²) in [5, 5.41) is 0. The van der Waals surface area contributed by atoms with Crippen LogP contribution in [0.3, 0.4) is 0 Å². The van der Waals surface area contributed by atoms with Gasteiger partial charge in [0.15, 0.2) is 0 Å². The summed E-state index contributed by atoms with van der Waals surface area (Å²) in [5.41, 5.74) is 3.75. The molecule has 0 bridgehead atoms. The van der Waals surface area contributed by atoms with Crippen LogP contribution in [0.25, 0.3) is 17.2 Å². The Balaban J connectivity index is 2.08. The van der Waals surface area contributed by atoms with Gasteiger partial charge in [0.05, 0.1) is 7.11 Å². The molecule has 0 saturated heterocycles. The zero-order valence-corrected chi connectivity index (χ0v) is 15.2. The van der Waals surface area contributed by atoms with Gasteiger partial charge in [-0.05, 0) is 41.8 Å². The van der Waals surface area contributed by atoms with Crippen molar-refractivity contribution in [1.29, 1.82) is 0 Å². The van der Waals surface area contributed by atoms with Crippen LogP contribution in [0.5, 0.6) is 5.75 Å². The van der Waals surface area contributed by atoms with E-state index in [4.69, 9.17) is 9.47 Å². The van der Waals surface area contributed by atoms with Crippen molar-refractivity contribution in [2.75, 3.05) is 7.11 Å². The second kappa shape index (κ2) is 6.67. The van der Waals surface area contributed by atoms with Gasteiger partial charge in [-0.1, -0.05) is 24.3 Å². The van der Waals surface area contributed by atoms with E-state index in [2.05, 4.69) is 4.74 Å². The van der Waals surface area contributed by atoms with Gasteiger partial charge in [-0.3, -0.25) is 0 Å². The molecule has 3 rings (SSSR count). The van der Waals surface area contributed by atoms with Gasteiger partial charge in [0.1, 0.15) is 11.3 Å². The van der Waals surface area contributed by atoms with Crippen molar-refractivity contribution in [3.63, 3.8) is 0 Å². The van der Waals surface area contributed by atoms with E-state index in [1.165, 1.54) is 13.2 Å². The number of cyclic esters (lactones) is 1. The molecule has 0 aromatic heterocycles. The number of hydrogen-bond donors (Lipinski definition) is 0. The molecular formula is C21H20O5. The summed E-state index contributed by atoms with van der Waals surface area (Å²) in [6, 6.07) is 11.3. The average molecular weight is 352 g/mol. The van der Waals surface area contributed by atoms with Crippen LogP contribution >= 0.6 is 0 Å². The maximum Gasteiger partial charge on any atom is 0.345 e. The minimum absolute atomic E-state index is 0.407. The Morgan fingerprint density at radius 1 is 1.15 bits per heavy atom. The second-order valence-corrected chi connectivity index (χ2v) is 6.56. The predicted molar refractivity (Wildman–Crippen MR) is 97.8 cm³/mol. The number of benzene rings is 2. The number of hydrogen-bond acceptors (Lipinski definition) is 5. The van der Waals surface area contributed by atoms with E-state index >= 15 is 0 Å². The third-order valence-corrected chi connectivity index (χ3v) is 3.96. The lowest BCUT2D eigenvalue weighted by molar-refractivity contribution is -0.134. The molecule has 1 aliphatic heterocycles. The number of fused-ring (bicyclic) bond motifs is 1. The van der Waals surface area contributed by atoms with Gasteiger partial charge in [-0.25, -0.2) is 9.59 Å². The predicted octanol–water partition coefficient (Wildman–Crippen LogP) is 4.13. The van der Waals surface area contributed by atoms with Crippen molar-refractivity contribution in [3.05, 3.63) is 59.2 Å². The highest BCUT2D eigenvalue weighted by Gasteiger charge is 2.35. The lowest BCUT2D eigenvalue weighted by Crippen LogP contribution is -2.39. The molecule has 0 aliphatic carbocycles. The largest absolute Gasteiger partial charge is 0.466 e. The van der Waals surface area contributed by atoms with Crippen LogP contribution < -0.4 is 4.74 Å². The van der Waals surface area contributed by atoms with Crippen molar-refractivity contribution >= 4 is 18.0 Å². The first-order chi connectivity index (χ1) is 12.3. The molecule has 2 aromatic carbocycles. The molecule has 0 amide bonds. The van der Waals surface area contributed by atoms with E-state index in [-0.39, 0.29) is 0 Å². The Morgan fingerprint density at radius 3 is 2.65 bits per heavy atom. The van der Waals surface area contributed by atoms with E-state index in [1.807, 2.05) is 43.3 Å². The summed E-state index contributed by atoms with van der Waals surface area (Å²) in [7, 11) is 1.33. The first-order valence-electron chi connectivity index (χ1n) is 8.22. The molecule has 5 nitrogen and oxygen atoms in total. The molecule has 0 spiro atoms. The van der Waals surface area contributed by atoms with Gasteiger partial charge in [0, 0.05) is 25.5 Å². The fraction of sp³-hybridized carbons (Fsp3) is 0.238. The van der Waals surface area contributed by atoms with Crippen LogP contribution in [0.4, 0.5) is 0 Å². The summed E-state index contributed by atoms with van der Waals surface area (Å²) >= 11 is 0. The highest BCUT2D eigenvalue weighted by Crippen LogP contribution is 2.39. The van der Waals surface area contributed by atoms with Crippen molar-refractivity contribution in [2.24, 2.45) is 0 Å². The molecular weight excluding hydrogens is 332 g/mol. The Morgan fingerprint density at radius 2 is 1.92 bits per heavy atom. The summed E-state index contributed by atoms with van der Waals surface area (Å²) in [6.07, 6.45) is 3.01. The first kappa shape index (κ1) is 17.7. The summed E-state index contributed by atoms with van der Waals surface area (Å²) < 4.78 is 15.8. The van der Waals surface area contributed by atoms with Gasteiger partial charge in [-0.2, -0.15) is 0 Å². The molecule has 0 unspecified atom stereocenters. The number of rotatable bonds is 3. The zero-order valence-electron chi connectivity index (χ0n) is 15.2. The lowest BCUT2D eigenvalue weighted by Gasteiger charge is -2.33. The molecule has 0 fully saturated rings. The van der Waals surface area contributed by atoms with E-state index in [0.29, 0.717) is 11.3 Å². The fourth-order valence-corrected chi connectivity index (χ4v) is 2.87. The molecule has 5 heteroatoms. The maximum atomic E-state index is 12.6. The molecule has 2 aromatic rings. The number of aryl methyl sites for hydroxylation is 1. The van der Waals surface area contributed by atoms with Gasteiger partial charge < -0.3 is 14.2 Å². The smallest absolute Gasteiger partial charge is 0.345 e. The van der Waals surface area contributed by atoms with Crippen LogP contribution in [-0.2, 0) is 14.3 Å². The molecule has 1 heterocycles. The van der Waals surface area contributed by atoms with Crippen LogP contribution in [0.15, 0.2) is 42.5 Å². The number of methoxy groups -OCH3 is 1. The Hall–Kier alpha value is -3.08. The quantitative estimate of drug-likeness (QED) is 0.614. The maximum absolute atomic E-state index is 12.6. The first-order valence-corrected chi connectivity index (χ1v) is 8.22. The van der Waals surface area contributed by atoms with E-state index in [0.717, 1.165) is 22.3 Å². The van der Waals surface area contributed by atoms with Gasteiger partial charge in [-0.15, -0.1) is 0 Å². The van der Waals surface area contributed by atoms with Crippen LogP contribution in [0, 0.1) is 6.92 Å². The van der Waals surface area contributed by atoms with Crippen LogP contribution in [0.1, 0.15) is 35.3 Å². The number of ether oxygens (including phenoxy) is 3. The third kappa shape index (κ3) is 3.61. The van der Waals surface area contributed by atoms with Crippen molar-refractivity contribution < 1.29 is 23.8 Å². The summed E-state index contributed by atoms with van der Waals surface area (Å²) in [4.78, 5) is 23.9. The third-order valence-electron chi connectivity index (χ3n) is 3.96. The van der Waals surface area contributed by atoms with Crippen molar-refractivity contribution in [1.82, 2.24) is 0 Å². The van der Waals surface area contributed by atoms with Gasteiger partial charge in [0.25, 0.3) is 0 Å². The van der Waals surface area contributed by atoms with Gasteiger partial charge in [0.2, 0.25) is 5.79 Å². The minimum atomic E-state index is -1.000. The number of carbonyl (C=O) groups excluding carboxylic acids is 2. The fourth-order valence-electron chi connectivity index (χ4n) is 2.87. The normalized spacial score (nSPS) is 15.2. The average Bonchev–Trinajstić information content (AvgIpc) is 2.57. The Labute approximate surface area is 152 Å². The number of carbonyl (C=O) groups is 2. The highest BCUT2D eigenvalue weighted by molar-refractivity contribution is 6.01. The Bertz CT molecular complexity index is 909. The van der Waals surface area contributed by atoms with Gasteiger partial charge >= 0.3 is 11.9 Å². The summed E-state index contributed by atoms with van der Waals surface area (Å²) in [6.45, 7) is 5.35. The Kier molecular flexibility index (Phi) is 4.55. The monoisotopic (exact) mass is 352 g/mol. The van der Waals surface area contributed by atoms with Crippen molar-refractivity contribution in [2.45, 2.75) is 26.6 Å². The molecule has 0 atom stereocenters. The van der Waals surface area contributed by atoms with E-state index in [9.17, 15) is 9.59 Å². The number of esters is 2. The van der Waals surface area contributed by atoms with E-state index < -0.39 is 17.7 Å². The molecule has 0 saturated carbocycles. The second-order valence-electron chi connectivity index (χ2n) is 6.56. The summed E-state index contributed by atoms with van der Waals surface area (Å²) in [5.74, 6) is -1.33. The molecule has 26 heavy (non-hydrogen) atoms. The molecule has 134 valence electrons. The molecule has 0 radical (unpaired) electrons. The zero-order chi connectivity index (χ0) is 18.9. The molecule has 0 N–H and O–H groups in total. The van der Waals surface area contributed by atoms with Crippen molar-refractivity contribution in [3.8, 4) is 16.9 Å². The lowest BCUT2D eigenvalue weighted by atomic mass is 9.94. The van der Waals surface area contributed by atoms with E-state index in [1.54, 1.807) is 19.9 Å². The van der Waals surface area contributed by atoms with Crippen LogP contribution in [0.2, 0.25) is 0 Å². The SMILES string of the molecule is COC(=O)/C=C/c1cccc(-c2cc(C)cc3c2C(=O)OC(C)(C)O3)c1. The molecule has 1 aliphatic rings. The highest BCUT2D eigenvalue weighted by atomic mass is 16.7. The minimum Gasteiger partial charge on any atom is -0.466 e. The standard InChI is InChI=1S/C21H20O5/c1-13-10-16(19-17(11-13)25-21(2,3)26-20(19)23)15-7-5-6-14(12-15)8-9-18(22)24-4/h5-12H,1-4H3/b9-8+. The topological polar surface area (TPSA) is 61.8 Å².